The summed E-state index contributed by atoms with van der Waals surface area (Å²) in [6.07, 6.45) is -0.990. The molecular formula is C20H24F3IN4O2. The molecule has 0 aliphatic carbocycles. The molecule has 0 amide bonds. The van der Waals surface area contributed by atoms with Gasteiger partial charge in [0.25, 0.3) is 0 Å². The quantitative estimate of drug-likeness (QED) is 0.337. The zero-order valence-electron chi connectivity index (χ0n) is 16.1. The van der Waals surface area contributed by atoms with Crippen LogP contribution in [0.4, 0.5) is 18.9 Å². The number of hydrogen-bond acceptors (Lipinski definition) is 4. The highest BCUT2D eigenvalue weighted by Gasteiger charge is 2.19. The number of piperazine rings is 1. The molecule has 164 valence electrons. The lowest BCUT2D eigenvalue weighted by atomic mass is 10.1. The van der Waals surface area contributed by atoms with Crippen LogP contribution < -0.4 is 15.4 Å². The summed E-state index contributed by atoms with van der Waals surface area (Å²) in [6.45, 7) is -0.234. The van der Waals surface area contributed by atoms with Gasteiger partial charge in [-0.1, -0.05) is 12.1 Å². The summed E-state index contributed by atoms with van der Waals surface area (Å²) < 4.78 is 42.0. The van der Waals surface area contributed by atoms with Crippen molar-refractivity contribution < 1.29 is 23.0 Å². The molecular weight excluding hydrogens is 512 g/mol. The van der Waals surface area contributed by atoms with Crippen LogP contribution in [0.3, 0.4) is 0 Å². The van der Waals surface area contributed by atoms with Gasteiger partial charge in [-0.3, -0.25) is 4.99 Å². The molecule has 0 saturated carbocycles. The molecule has 2 aromatic carbocycles. The van der Waals surface area contributed by atoms with E-state index in [1.165, 1.54) is 30.3 Å². The molecule has 0 spiro atoms. The minimum Gasteiger partial charge on any atom is -0.435 e. The Morgan fingerprint density at radius 1 is 1.10 bits per heavy atom. The number of guanidine groups is 1. The Kier molecular flexibility index (Phi) is 9.03. The summed E-state index contributed by atoms with van der Waals surface area (Å²) in [4.78, 5) is 8.27. The fraction of sp³-hybridized carbons (Fsp3) is 0.350. The third-order valence-corrected chi connectivity index (χ3v) is 4.69. The molecule has 3 rings (SSSR count). The number of ether oxygens (including phenoxy) is 1. The molecule has 1 aliphatic heterocycles. The van der Waals surface area contributed by atoms with E-state index in [4.69, 9.17) is 5.73 Å². The van der Waals surface area contributed by atoms with Crippen molar-refractivity contribution >= 4 is 35.6 Å². The maximum Gasteiger partial charge on any atom is 0.387 e. The van der Waals surface area contributed by atoms with Crippen LogP contribution >= 0.6 is 24.0 Å². The average molecular weight is 536 g/mol. The number of anilines is 1. The lowest BCUT2D eigenvalue weighted by molar-refractivity contribution is -0.0499. The number of nitrogens with two attached hydrogens (primary N) is 1. The summed E-state index contributed by atoms with van der Waals surface area (Å²) in [5.74, 6) is 0.0156. The Morgan fingerprint density at radius 2 is 1.77 bits per heavy atom. The first-order valence-electron chi connectivity index (χ1n) is 9.20. The van der Waals surface area contributed by atoms with Crippen molar-refractivity contribution in [2.24, 2.45) is 10.7 Å². The summed E-state index contributed by atoms with van der Waals surface area (Å²) in [5.41, 5.74) is 7.41. The predicted octanol–water partition coefficient (Wildman–Crippen LogP) is 3.22. The van der Waals surface area contributed by atoms with E-state index in [1.54, 1.807) is 18.2 Å². The predicted molar refractivity (Wildman–Crippen MR) is 120 cm³/mol. The first-order valence-corrected chi connectivity index (χ1v) is 9.20. The van der Waals surface area contributed by atoms with E-state index in [0.717, 1.165) is 5.69 Å². The fourth-order valence-electron chi connectivity index (χ4n) is 3.13. The average Bonchev–Trinajstić information content (AvgIpc) is 2.72. The van der Waals surface area contributed by atoms with Gasteiger partial charge in [0.1, 0.15) is 11.6 Å². The summed E-state index contributed by atoms with van der Waals surface area (Å²) in [6, 6.07) is 12.2. The maximum absolute atomic E-state index is 13.1. The molecule has 1 aliphatic rings. The highest BCUT2D eigenvalue weighted by molar-refractivity contribution is 14.0. The van der Waals surface area contributed by atoms with E-state index in [9.17, 15) is 18.3 Å². The lowest BCUT2D eigenvalue weighted by Crippen LogP contribution is -2.51. The van der Waals surface area contributed by atoms with Crippen LogP contribution in [0.5, 0.6) is 5.75 Å². The van der Waals surface area contributed by atoms with E-state index in [2.05, 4.69) is 14.6 Å². The van der Waals surface area contributed by atoms with E-state index >= 15 is 0 Å². The highest BCUT2D eigenvalue weighted by Crippen LogP contribution is 2.21. The molecule has 6 nitrogen and oxygen atoms in total. The summed E-state index contributed by atoms with van der Waals surface area (Å²) >= 11 is 0. The van der Waals surface area contributed by atoms with Crippen LogP contribution in [-0.4, -0.2) is 55.3 Å². The van der Waals surface area contributed by atoms with Crippen molar-refractivity contribution in [1.82, 2.24) is 4.90 Å². The van der Waals surface area contributed by atoms with Crippen molar-refractivity contribution in [3.63, 3.8) is 0 Å². The second-order valence-electron chi connectivity index (χ2n) is 6.62. The molecule has 1 saturated heterocycles. The standard InChI is InChI=1S/C20H23F3N4O2.HI/c21-15-4-6-16(7-5-15)26-8-10-27(11-9-26)20(24)25-13-18(28)14-2-1-3-17(12-14)29-19(22)23;/h1-7,12,18-19,28H,8-11,13H2,(H2,24,25);1H. The molecule has 1 atom stereocenters. The van der Waals surface area contributed by atoms with Crippen molar-refractivity contribution in [2.75, 3.05) is 37.6 Å². The molecule has 0 aromatic heterocycles. The zero-order valence-corrected chi connectivity index (χ0v) is 18.5. The van der Waals surface area contributed by atoms with Crippen LogP contribution in [0.15, 0.2) is 53.5 Å². The van der Waals surface area contributed by atoms with Gasteiger partial charge in [0.2, 0.25) is 0 Å². The van der Waals surface area contributed by atoms with Gasteiger partial charge in [-0.05, 0) is 42.0 Å². The van der Waals surface area contributed by atoms with E-state index < -0.39 is 12.7 Å². The SMILES string of the molecule is I.NC(=NCC(O)c1cccc(OC(F)F)c1)N1CCN(c2ccc(F)cc2)CC1. The number of nitrogens with zero attached hydrogens (tertiary/aromatic N) is 3. The molecule has 3 N–H and O–H groups in total. The number of hydrogen-bond donors (Lipinski definition) is 2. The molecule has 10 heteroatoms. The third-order valence-electron chi connectivity index (χ3n) is 4.69. The number of aliphatic hydroxyl groups excluding tert-OH is 1. The van der Waals surface area contributed by atoms with Crippen molar-refractivity contribution in [1.29, 1.82) is 0 Å². The second-order valence-corrected chi connectivity index (χ2v) is 6.62. The van der Waals surface area contributed by atoms with Crippen LogP contribution in [-0.2, 0) is 0 Å². The first kappa shape index (κ1) is 24.1. The molecule has 0 radical (unpaired) electrons. The monoisotopic (exact) mass is 536 g/mol. The largest absolute Gasteiger partial charge is 0.435 e. The minimum absolute atomic E-state index is 0. The number of aliphatic hydroxyl groups is 1. The smallest absolute Gasteiger partial charge is 0.387 e. The zero-order chi connectivity index (χ0) is 20.8. The summed E-state index contributed by atoms with van der Waals surface area (Å²) in [5, 5.41) is 10.3. The maximum atomic E-state index is 13.1. The van der Waals surface area contributed by atoms with Crippen molar-refractivity contribution in [3.05, 3.63) is 59.9 Å². The highest BCUT2D eigenvalue weighted by atomic mass is 127. The molecule has 1 unspecified atom stereocenters. The lowest BCUT2D eigenvalue weighted by Gasteiger charge is -2.36. The van der Waals surface area contributed by atoms with Gasteiger partial charge in [-0.15, -0.1) is 24.0 Å². The van der Waals surface area contributed by atoms with Gasteiger partial charge in [0, 0.05) is 31.9 Å². The fourth-order valence-corrected chi connectivity index (χ4v) is 3.13. The van der Waals surface area contributed by atoms with Gasteiger partial charge in [-0.2, -0.15) is 8.78 Å². The Bertz CT molecular complexity index is 831. The Balaban J connectivity index is 0.00000320. The second kappa shape index (κ2) is 11.3. The van der Waals surface area contributed by atoms with Crippen LogP contribution in [0.2, 0.25) is 0 Å². The van der Waals surface area contributed by atoms with Gasteiger partial charge >= 0.3 is 6.61 Å². The number of alkyl halides is 2. The molecule has 30 heavy (non-hydrogen) atoms. The Hall–Kier alpha value is -2.21. The van der Waals surface area contributed by atoms with Gasteiger partial charge in [0.15, 0.2) is 5.96 Å². The van der Waals surface area contributed by atoms with Crippen LogP contribution in [0.1, 0.15) is 11.7 Å². The molecule has 1 fully saturated rings. The topological polar surface area (TPSA) is 74.3 Å². The van der Waals surface area contributed by atoms with E-state index in [-0.39, 0.29) is 42.1 Å². The van der Waals surface area contributed by atoms with Crippen molar-refractivity contribution in [2.45, 2.75) is 12.7 Å². The molecule has 0 bridgehead atoms. The number of benzene rings is 2. The number of rotatable bonds is 6. The number of aliphatic imine (C=N–C) groups is 1. The van der Waals surface area contributed by atoms with E-state index in [1.807, 2.05) is 4.90 Å². The van der Waals surface area contributed by atoms with Gasteiger partial charge in [0.05, 0.1) is 12.6 Å². The minimum atomic E-state index is -2.93. The Labute approximate surface area is 190 Å². The Morgan fingerprint density at radius 3 is 2.40 bits per heavy atom. The molecule has 1 heterocycles. The van der Waals surface area contributed by atoms with Gasteiger partial charge < -0.3 is 25.4 Å². The third kappa shape index (κ3) is 6.66. The normalized spacial score (nSPS) is 15.7. The van der Waals surface area contributed by atoms with Crippen molar-refractivity contribution in [3.8, 4) is 5.75 Å². The summed E-state index contributed by atoms with van der Waals surface area (Å²) in [7, 11) is 0. The van der Waals surface area contributed by atoms with Gasteiger partial charge in [-0.25, -0.2) is 4.39 Å². The van der Waals surface area contributed by atoms with Crippen LogP contribution in [0.25, 0.3) is 0 Å². The first-order chi connectivity index (χ1) is 13.9. The van der Waals surface area contributed by atoms with E-state index in [0.29, 0.717) is 37.7 Å². The molecule has 2 aromatic rings. The van der Waals surface area contributed by atoms with Crippen LogP contribution in [0, 0.1) is 5.82 Å². The number of halogens is 4.